The molecule has 0 spiro atoms. The topological polar surface area (TPSA) is 58.6 Å². The Kier molecular flexibility index (Phi) is 6.06. The first-order valence-corrected chi connectivity index (χ1v) is 7.36. The number of rotatable bonds is 3. The molecule has 0 aromatic heterocycles. The minimum Gasteiger partial charge on any atom is -0.395 e. The van der Waals surface area contributed by atoms with Crippen LogP contribution in [0.5, 0.6) is 0 Å². The van der Waals surface area contributed by atoms with Crippen LogP contribution in [0.15, 0.2) is 18.2 Å². The van der Waals surface area contributed by atoms with Crippen molar-refractivity contribution in [2.24, 2.45) is 5.92 Å². The second kappa shape index (κ2) is 8.04. The largest absolute Gasteiger partial charge is 0.395 e. The fourth-order valence-electron chi connectivity index (χ4n) is 2.12. The standard InChI is InChI=1S/C16H18ClNO3/c17-14-6-7-15(12(10-14)4-1-2-8-19)18-16(20)13-5-3-9-21-11-13/h6-7,10,13,19H,2-3,5,8-9,11H2,(H,18,20). The highest BCUT2D eigenvalue weighted by Gasteiger charge is 2.22. The summed E-state index contributed by atoms with van der Waals surface area (Å²) in [6.45, 7) is 1.20. The van der Waals surface area contributed by atoms with Gasteiger partial charge in [-0.05, 0) is 31.0 Å². The molecule has 1 aliphatic heterocycles. The lowest BCUT2D eigenvalue weighted by molar-refractivity contribution is -0.123. The SMILES string of the molecule is O=C(Nc1ccc(Cl)cc1C#CCCO)C1CCCOC1. The van der Waals surface area contributed by atoms with Crippen molar-refractivity contribution >= 4 is 23.2 Å². The maximum absolute atomic E-state index is 12.2. The smallest absolute Gasteiger partial charge is 0.229 e. The van der Waals surface area contributed by atoms with Gasteiger partial charge in [-0.1, -0.05) is 23.4 Å². The maximum atomic E-state index is 12.2. The van der Waals surface area contributed by atoms with E-state index in [-0.39, 0.29) is 18.4 Å². The fourth-order valence-corrected chi connectivity index (χ4v) is 2.30. The summed E-state index contributed by atoms with van der Waals surface area (Å²) in [6, 6.07) is 5.16. The second-order valence-corrected chi connectivity index (χ2v) is 5.31. The van der Waals surface area contributed by atoms with Crippen molar-refractivity contribution in [2.45, 2.75) is 19.3 Å². The zero-order valence-corrected chi connectivity index (χ0v) is 12.4. The monoisotopic (exact) mass is 307 g/mol. The third kappa shape index (κ3) is 4.75. The van der Waals surface area contributed by atoms with Gasteiger partial charge in [0.15, 0.2) is 0 Å². The molecule has 112 valence electrons. The Bertz CT molecular complexity index is 556. The Hall–Kier alpha value is -1.54. The van der Waals surface area contributed by atoms with Crippen molar-refractivity contribution in [3.63, 3.8) is 0 Å². The molecule has 1 aromatic carbocycles. The third-order valence-corrected chi connectivity index (χ3v) is 3.47. The van der Waals surface area contributed by atoms with Crippen molar-refractivity contribution in [3.8, 4) is 11.8 Å². The molecule has 1 aliphatic rings. The lowest BCUT2D eigenvalue weighted by Crippen LogP contribution is -2.30. The average Bonchev–Trinajstić information content (AvgIpc) is 2.51. The number of aliphatic hydroxyl groups is 1. The number of hydrogen-bond acceptors (Lipinski definition) is 3. The van der Waals surface area contributed by atoms with Crippen LogP contribution in [0.3, 0.4) is 0 Å². The molecule has 21 heavy (non-hydrogen) atoms. The van der Waals surface area contributed by atoms with Crippen LogP contribution in [0.1, 0.15) is 24.8 Å². The highest BCUT2D eigenvalue weighted by atomic mass is 35.5. The zero-order chi connectivity index (χ0) is 15.1. The molecule has 1 unspecified atom stereocenters. The molecular weight excluding hydrogens is 290 g/mol. The Balaban J connectivity index is 2.11. The van der Waals surface area contributed by atoms with Crippen LogP contribution in [-0.2, 0) is 9.53 Å². The quantitative estimate of drug-likeness (QED) is 0.843. The van der Waals surface area contributed by atoms with Crippen LogP contribution in [0.4, 0.5) is 5.69 Å². The Morgan fingerprint density at radius 3 is 3.10 bits per heavy atom. The normalized spacial score (nSPS) is 17.7. The van der Waals surface area contributed by atoms with Gasteiger partial charge in [0.25, 0.3) is 0 Å². The van der Waals surface area contributed by atoms with E-state index in [1.54, 1.807) is 18.2 Å². The lowest BCUT2D eigenvalue weighted by Gasteiger charge is -2.21. The Labute approximate surface area is 129 Å². The summed E-state index contributed by atoms with van der Waals surface area (Å²) in [7, 11) is 0. The van der Waals surface area contributed by atoms with Gasteiger partial charge in [-0.3, -0.25) is 4.79 Å². The molecule has 0 bridgehead atoms. The zero-order valence-electron chi connectivity index (χ0n) is 11.7. The summed E-state index contributed by atoms with van der Waals surface area (Å²) in [5, 5.41) is 12.2. The average molecular weight is 308 g/mol. The predicted octanol–water partition coefficient (Wildman–Crippen LogP) is 2.44. The number of nitrogens with one attached hydrogen (secondary N) is 1. The van der Waals surface area contributed by atoms with Crippen LogP contribution in [0, 0.1) is 17.8 Å². The molecule has 0 saturated carbocycles. The molecule has 1 fully saturated rings. The molecule has 0 radical (unpaired) electrons. The lowest BCUT2D eigenvalue weighted by atomic mass is 10.0. The van der Waals surface area contributed by atoms with Gasteiger partial charge in [-0.15, -0.1) is 0 Å². The van der Waals surface area contributed by atoms with E-state index >= 15 is 0 Å². The first-order valence-electron chi connectivity index (χ1n) is 6.98. The number of carbonyl (C=O) groups excluding carboxylic acids is 1. The Morgan fingerprint density at radius 1 is 1.52 bits per heavy atom. The van der Waals surface area contributed by atoms with E-state index in [2.05, 4.69) is 17.2 Å². The maximum Gasteiger partial charge on any atom is 0.229 e. The molecule has 1 heterocycles. The summed E-state index contributed by atoms with van der Waals surface area (Å²) in [5.74, 6) is 5.59. The van der Waals surface area contributed by atoms with Crippen LogP contribution >= 0.6 is 11.6 Å². The molecule has 1 aromatic rings. The van der Waals surface area contributed by atoms with E-state index in [1.807, 2.05) is 0 Å². The van der Waals surface area contributed by atoms with E-state index in [9.17, 15) is 4.79 Å². The Morgan fingerprint density at radius 2 is 2.38 bits per heavy atom. The number of hydrogen-bond donors (Lipinski definition) is 2. The van der Waals surface area contributed by atoms with E-state index in [1.165, 1.54) is 0 Å². The molecule has 2 rings (SSSR count). The number of ether oxygens (including phenoxy) is 1. The predicted molar refractivity (Wildman–Crippen MR) is 82.2 cm³/mol. The van der Waals surface area contributed by atoms with Gasteiger partial charge in [0.1, 0.15) is 0 Å². The van der Waals surface area contributed by atoms with Gasteiger partial charge < -0.3 is 15.2 Å². The minimum absolute atomic E-state index is 0.00860. The van der Waals surface area contributed by atoms with E-state index in [4.69, 9.17) is 21.4 Å². The third-order valence-electron chi connectivity index (χ3n) is 3.23. The number of halogens is 1. The van der Waals surface area contributed by atoms with Gasteiger partial charge in [-0.25, -0.2) is 0 Å². The number of anilines is 1. The summed E-state index contributed by atoms with van der Waals surface area (Å²) in [4.78, 5) is 12.2. The molecule has 4 nitrogen and oxygen atoms in total. The minimum atomic E-state index is -0.118. The summed E-state index contributed by atoms with van der Waals surface area (Å²) >= 11 is 5.96. The number of amides is 1. The van der Waals surface area contributed by atoms with Crippen molar-refractivity contribution in [1.82, 2.24) is 0 Å². The highest BCUT2D eigenvalue weighted by Crippen LogP contribution is 2.22. The molecule has 0 aliphatic carbocycles. The molecular formula is C16H18ClNO3. The highest BCUT2D eigenvalue weighted by molar-refractivity contribution is 6.30. The van der Waals surface area contributed by atoms with Crippen LogP contribution in [-0.4, -0.2) is 30.8 Å². The molecule has 1 saturated heterocycles. The van der Waals surface area contributed by atoms with Gasteiger partial charge >= 0.3 is 0 Å². The second-order valence-electron chi connectivity index (χ2n) is 4.87. The number of aliphatic hydroxyl groups excluding tert-OH is 1. The molecule has 2 N–H and O–H groups in total. The van der Waals surface area contributed by atoms with Crippen molar-refractivity contribution in [3.05, 3.63) is 28.8 Å². The number of carbonyl (C=O) groups is 1. The van der Waals surface area contributed by atoms with Gasteiger partial charge in [-0.2, -0.15) is 0 Å². The van der Waals surface area contributed by atoms with Crippen molar-refractivity contribution in [2.75, 3.05) is 25.1 Å². The number of benzene rings is 1. The molecule has 1 atom stereocenters. The van der Waals surface area contributed by atoms with Crippen LogP contribution in [0.25, 0.3) is 0 Å². The van der Waals surface area contributed by atoms with Gasteiger partial charge in [0.2, 0.25) is 5.91 Å². The van der Waals surface area contributed by atoms with Crippen LogP contribution in [0.2, 0.25) is 5.02 Å². The summed E-state index contributed by atoms with van der Waals surface area (Å²) < 4.78 is 5.33. The fraction of sp³-hybridized carbons (Fsp3) is 0.438. The first kappa shape index (κ1) is 15.8. The van der Waals surface area contributed by atoms with E-state index in [0.717, 1.165) is 19.4 Å². The van der Waals surface area contributed by atoms with Crippen LogP contribution < -0.4 is 5.32 Å². The first-order chi connectivity index (χ1) is 10.2. The van der Waals surface area contributed by atoms with E-state index in [0.29, 0.717) is 29.3 Å². The summed E-state index contributed by atoms with van der Waals surface area (Å²) in [6.07, 6.45) is 2.13. The molecule has 1 amide bonds. The van der Waals surface area contributed by atoms with Crippen molar-refractivity contribution < 1.29 is 14.6 Å². The van der Waals surface area contributed by atoms with Crippen molar-refractivity contribution in [1.29, 1.82) is 0 Å². The van der Waals surface area contributed by atoms with Gasteiger partial charge in [0, 0.05) is 23.6 Å². The van der Waals surface area contributed by atoms with E-state index < -0.39 is 0 Å². The molecule has 5 heteroatoms. The van der Waals surface area contributed by atoms with Gasteiger partial charge in [0.05, 0.1) is 24.8 Å². The summed E-state index contributed by atoms with van der Waals surface area (Å²) in [5.41, 5.74) is 1.29.